The van der Waals surface area contributed by atoms with Gasteiger partial charge in [-0.1, -0.05) is 39.3 Å². The van der Waals surface area contributed by atoms with Crippen LogP contribution >= 0.6 is 0 Å². The van der Waals surface area contributed by atoms with Crippen LogP contribution in [0.2, 0.25) is 0 Å². The molecule has 3 aromatic rings. The zero-order valence-electron chi connectivity index (χ0n) is 17.2. The van der Waals surface area contributed by atoms with Crippen molar-refractivity contribution < 1.29 is 4.79 Å². The van der Waals surface area contributed by atoms with Gasteiger partial charge in [0.1, 0.15) is 0 Å². The summed E-state index contributed by atoms with van der Waals surface area (Å²) in [6, 6.07) is 8.17. The van der Waals surface area contributed by atoms with Crippen molar-refractivity contribution in [2.45, 2.75) is 45.6 Å². The van der Waals surface area contributed by atoms with Crippen molar-refractivity contribution in [3.63, 3.8) is 0 Å². The summed E-state index contributed by atoms with van der Waals surface area (Å²) >= 11 is 0. The molecule has 0 bridgehead atoms. The van der Waals surface area contributed by atoms with Gasteiger partial charge >= 0.3 is 0 Å². The molecular formula is C23H28N5O. The Bertz CT molecular complexity index is 1000. The minimum atomic E-state index is -0.331. The lowest BCUT2D eigenvalue weighted by Gasteiger charge is -2.37. The molecule has 1 radical (unpaired) electrons. The van der Waals surface area contributed by atoms with Gasteiger partial charge in [-0.25, -0.2) is 4.98 Å². The van der Waals surface area contributed by atoms with Gasteiger partial charge in [-0.05, 0) is 31.4 Å². The highest BCUT2D eigenvalue weighted by Crippen LogP contribution is 2.30. The lowest BCUT2D eigenvalue weighted by atomic mass is 9.85. The molecule has 4 rings (SSSR count). The number of nitrogens with zero attached hydrogens (tertiary/aromatic N) is 5. The van der Waals surface area contributed by atoms with Gasteiger partial charge in [-0.2, -0.15) is 5.10 Å². The van der Waals surface area contributed by atoms with Crippen molar-refractivity contribution in [3.8, 4) is 11.3 Å². The molecule has 1 aliphatic heterocycles. The Morgan fingerprint density at radius 3 is 2.62 bits per heavy atom. The van der Waals surface area contributed by atoms with Crippen LogP contribution in [0.5, 0.6) is 0 Å². The second-order valence-corrected chi connectivity index (χ2v) is 8.46. The molecule has 1 amide bonds. The summed E-state index contributed by atoms with van der Waals surface area (Å²) in [6.45, 7) is 9.50. The molecule has 0 atom stereocenters. The van der Waals surface area contributed by atoms with Gasteiger partial charge in [0.05, 0.1) is 35.2 Å². The molecular weight excluding hydrogens is 362 g/mol. The standard InChI is InChI=1S/C23H28N5O/c1-4-11-23(2,3)22(29)27-12-9-18(10-13-27)28-16-17(14-25-28)21-15-24-19-7-5-6-8-20(19)26-21/h5-8,14-16,18H,1,4,9-13H2,2-3H3. The summed E-state index contributed by atoms with van der Waals surface area (Å²) in [5.74, 6) is 0.243. The average Bonchev–Trinajstić information content (AvgIpc) is 3.23. The number of carbonyl (C=O) groups is 1. The molecule has 1 fully saturated rings. The minimum Gasteiger partial charge on any atom is -0.342 e. The first-order valence-corrected chi connectivity index (χ1v) is 10.3. The zero-order valence-corrected chi connectivity index (χ0v) is 17.2. The zero-order chi connectivity index (χ0) is 20.4. The molecule has 2 aromatic heterocycles. The van der Waals surface area contributed by atoms with Gasteiger partial charge in [0, 0.05) is 30.3 Å². The van der Waals surface area contributed by atoms with Gasteiger partial charge in [0.25, 0.3) is 0 Å². The SMILES string of the molecule is [CH2]CCC(C)(C)C(=O)N1CCC(n2cc(-c3cnc4ccccc4n3)cn2)CC1. The van der Waals surface area contributed by atoms with Crippen LogP contribution in [-0.4, -0.2) is 43.6 Å². The number of benzene rings is 1. The summed E-state index contributed by atoms with van der Waals surface area (Å²) in [5, 5.41) is 4.58. The number of hydrogen-bond donors (Lipinski definition) is 0. The number of fused-ring (bicyclic) bond motifs is 1. The Labute approximate surface area is 172 Å². The molecule has 1 aliphatic rings. The molecule has 29 heavy (non-hydrogen) atoms. The van der Waals surface area contributed by atoms with Gasteiger partial charge < -0.3 is 4.90 Å². The van der Waals surface area contributed by atoms with E-state index in [4.69, 9.17) is 4.98 Å². The Morgan fingerprint density at radius 2 is 1.90 bits per heavy atom. The maximum absolute atomic E-state index is 12.8. The van der Waals surface area contributed by atoms with Crippen molar-refractivity contribution in [2.75, 3.05) is 13.1 Å². The van der Waals surface area contributed by atoms with Gasteiger partial charge in [-0.15, -0.1) is 0 Å². The van der Waals surface area contributed by atoms with Crippen LogP contribution in [0.25, 0.3) is 22.3 Å². The third-order valence-electron chi connectivity index (χ3n) is 5.85. The fourth-order valence-corrected chi connectivity index (χ4v) is 4.08. The van der Waals surface area contributed by atoms with Gasteiger partial charge in [-0.3, -0.25) is 14.5 Å². The summed E-state index contributed by atoms with van der Waals surface area (Å²) in [5.41, 5.74) is 3.25. The highest BCUT2D eigenvalue weighted by molar-refractivity contribution is 5.82. The molecule has 1 saturated heterocycles. The van der Waals surface area contributed by atoms with E-state index in [-0.39, 0.29) is 11.3 Å². The smallest absolute Gasteiger partial charge is 0.228 e. The number of rotatable bonds is 5. The normalized spacial score (nSPS) is 15.8. The molecule has 0 unspecified atom stereocenters. The van der Waals surface area contributed by atoms with E-state index in [1.807, 2.05) is 60.1 Å². The first-order valence-electron chi connectivity index (χ1n) is 10.3. The topological polar surface area (TPSA) is 63.9 Å². The molecule has 0 N–H and O–H groups in total. The summed E-state index contributed by atoms with van der Waals surface area (Å²) in [4.78, 5) is 24.0. The summed E-state index contributed by atoms with van der Waals surface area (Å²) in [6.07, 6.45) is 9.13. The second-order valence-electron chi connectivity index (χ2n) is 8.46. The number of carbonyl (C=O) groups excluding carboxylic acids is 1. The van der Waals surface area contributed by atoms with Crippen molar-refractivity contribution in [3.05, 3.63) is 49.8 Å². The van der Waals surface area contributed by atoms with E-state index >= 15 is 0 Å². The molecule has 0 aliphatic carbocycles. The van der Waals surface area contributed by atoms with E-state index in [1.165, 1.54) is 0 Å². The van der Waals surface area contributed by atoms with Crippen molar-refractivity contribution >= 4 is 16.9 Å². The largest absolute Gasteiger partial charge is 0.342 e. The second kappa shape index (κ2) is 7.93. The van der Waals surface area contributed by atoms with E-state index in [0.29, 0.717) is 6.04 Å². The highest BCUT2D eigenvalue weighted by Gasteiger charge is 2.33. The molecule has 3 heterocycles. The molecule has 6 nitrogen and oxygen atoms in total. The number of hydrogen-bond acceptors (Lipinski definition) is 4. The monoisotopic (exact) mass is 390 g/mol. The number of para-hydroxylation sites is 2. The number of amides is 1. The van der Waals surface area contributed by atoms with Crippen molar-refractivity contribution in [1.82, 2.24) is 24.6 Å². The summed E-state index contributed by atoms with van der Waals surface area (Å²) < 4.78 is 2.02. The average molecular weight is 391 g/mol. The number of aromatic nitrogens is 4. The molecule has 1 aromatic carbocycles. The van der Waals surface area contributed by atoms with Crippen LogP contribution in [0.4, 0.5) is 0 Å². The van der Waals surface area contributed by atoms with E-state index in [9.17, 15) is 4.79 Å². The van der Waals surface area contributed by atoms with E-state index < -0.39 is 0 Å². The van der Waals surface area contributed by atoms with Crippen molar-refractivity contribution in [1.29, 1.82) is 0 Å². The minimum absolute atomic E-state index is 0.243. The maximum Gasteiger partial charge on any atom is 0.228 e. The van der Waals surface area contributed by atoms with E-state index in [1.54, 1.807) is 6.20 Å². The van der Waals surface area contributed by atoms with Crippen LogP contribution in [-0.2, 0) is 4.79 Å². The van der Waals surface area contributed by atoms with Crippen LogP contribution in [0.1, 0.15) is 45.6 Å². The highest BCUT2D eigenvalue weighted by atomic mass is 16.2. The molecule has 0 spiro atoms. The fraction of sp³-hybridized carbons (Fsp3) is 0.435. The Kier molecular flexibility index (Phi) is 5.35. The predicted octanol–water partition coefficient (Wildman–Crippen LogP) is 4.30. The quantitative estimate of drug-likeness (QED) is 0.652. The number of likely N-dealkylation sites (tertiary alicyclic amines) is 1. The molecule has 6 heteroatoms. The van der Waals surface area contributed by atoms with E-state index in [2.05, 4.69) is 17.0 Å². The van der Waals surface area contributed by atoms with Gasteiger partial charge in [0.15, 0.2) is 0 Å². The first kappa shape index (κ1) is 19.6. The van der Waals surface area contributed by atoms with Crippen LogP contribution in [0.3, 0.4) is 0 Å². The third-order valence-corrected chi connectivity index (χ3v) is 5.85. The van der Waals surface area contributed by atoms with Crippen LogP contribution in [0, 0.1) is 12.3 Å². The molecule has 151 valence electrons. The number of piperidine rings is 1. The Morgan fingerprint density at radius 1 is 1.17 bits per heavy atom. The Hall–Kier alpha value is -2.76. The lowest BCUT2D eigenvalue weighted by molar-refractivity contribution is -0.142. The maximum atomic E-state index is 12.8. The Balaban J connectivity index is 1.43. The first-order chi connectivity index (χ1) is 14.0. The summed E-state index contributed by atoms with van der Waals surface area (Å²) in [7, 11) is 0. The van der Waals surface area contributed by atoms with Crippen LogP contribution in [0.15, 0.2) is 42.9 Å². The molecule has 0 saturated carbocycles. The fourth-order valence-electron chi connectivity index (χ4n) is 4.08. The third kappa shape index (κ3) is 4.02. The van der Waals surface area contributed by atoms with Crippen molar-refractivity contribution in [2.24, 2.45) is 5.41 Å². The van der Waals surface area contributed by atoms with E-state index in [0.717, 1.165) is 61.1 Å². The predicted molar refractivity (Wildman–Crippen MR) is 114 cm³/mol. The van der Waals surface area contributed by atoms with Gasteiger partial charge in [0.2, 0.25) is 5.91 Å². The van der Waals surface area contributed by atoms with Crippen LogP contribution < -0.4 is 0 Å². The lowest BCUT2D eigenvalue weighted by Crippen LogP contribution is -2.45.